The minimum atomic E-state index is 0.187. The molecule has 0 aromatic heterocycles. The van der Waals surface area contributed by atoms with Crippen molar-refractivity contribution in [3.8, 4) is 5.75 Å². The van der Waals surface area contributed by atoms with Crippen molar-refractivity contribution in [1.29, 1.82) is 0 Å². The van der Waals surface area contributed by atoms with Crippen LogP contribution in [-0.4, -0.2) is 51.4 Å². The first kappa shape index (κ1) is 13.9. The molecule has 0 amide bonds. The normalized spacial score (nSPS) is 26.5. The number of nitrogens with zero attached hydrogens (tertiary/aromatic N) is 1. The summed E-state index contributed by atoms with van der Waals surface area (Å²) in [4.78, 5) is 2.29. The summed E-state index contributed by atoms with van der Waals surface area (Å²) in [6.45, 7) is 3.41. The maximum absolute atomic E-state index is 5.92. The van der Waals surface area contributed by atoms with Crippen LogP contribution in [0.5, 0.6) is 5.75 Å². The molecule has 1 fully saturated rings. The van der Waals surface area contributed by atoms with E-state index in [1.165, 1.54) is 17.5 Å². The molecular weight excluding hydrogens is 252 g/mol. The standard InChI is InChI=1S/C16H24N2O2/c1-17-16-6-3-12-9-13(4-5-15(12)16)20-11-14-10-18(2)7-8-19-14/h4-5,9,14,16-17H,3,6-8,10-11H2,1-2H3. The van der Waals surface area contributed by atoms with Gasteiger partial charge in [-0.3, -0.25) is 0 Å². The van der Waals surface area contributed by atoms with Gasteiger partial charge in [-0.15, -0.1) is 0 Å². The monoisotopic (exact) mass is 276 g/mol. The Hall–Kier alpha value is -1.10. The first-order valence-electron chi connectivity index (χ1n) is 7.49. The second-order valence-electron chi connectivity index (χ2n) is 5.81. The van der Waals surface area contributed by atoms with Crippen LogP contribution in [0.1, 0.15) is 23.6 Å². The molecule has 1 saturated heterocycles. The summed E-state index contributed by atoms with van der Waals surface area (Å²) in [7, 11) is 4.16. The van der Waals surface area contributed by atoms with Gasteiger partial charge in [-0.05, 0) is 50.2 Å². The summed E-state index contributed by atoms with van der Waals surface area (Å²) >= 11 is 0. The Morgan fingerprint density at radius 3 is 3.15 bits per heavy atom. The molecule has 1 aromatic rings. The Kier molecular flexibility index (Phi) is 4.24. The Bertz CT molecular complexity index is 464. The number of aryl methyl sites for hydroxylation is 1. The van der Waals surface area contributed by atoms with E-state index >= 15 is 0 Å². The van der Waals surface area contributed by atoms with E-state index in [-0.39, 0.29) is 6.10 Å². The molecule has 110 valence electrons. The molecule has 1 aromatic carbocycles. The summed E-state index contributed by atoms with van der Waals surface area (Å²) in [6.07, 6.45) is 2.51. The summed E-state index contributed by atoms with van der Waals surface area (Å²) in [5.41, 5.74) is 2.84. The number of ether oxygens (including phenoxy) is 2. The molecule has 1 aliphatic heterocycles. The van der Waals surface area contributed by atoms with Gasteiger partial charge in [0.1, 0.15) is 18.5 Å². The molecule has 1 heterocycles. The number of hydrogen-bond donors (Lipinski definition) is 1. The van der Waals surface area contributed by atoms with Crippen molar-refractivity contribution in [3.63, 3.8) is 0 Å². The average Bonchev–Trinajstić information content (AvgIpc) is 2.87. The SMILES string of the molecule is CNC1CCc2cc(OCC3CN(C)CCO3)ccc21. The van der Waals surface area contributed by atoms with Crippen molar-refractivity contribution in [2.24, 2.45) is 0 Å². The Labute approximate surface area is 121 Å². The fraction of sp³-hybridized carbons (Fsp3) is 0.625. The molecule has 0 saturated carbocycles. The molecule has 3 rings (SSSR count). The first-order chi connectivity index (χ1) is 9.76. The third kappa shape index (κ3) is 2.97. The third-order valence-electron chi connectivity index (χ3n) is 4.32. The molecule has 20 heavy (non-hydrogen) atoms. The van der Waals surface area contributed by atoms with Crippen LogP contribution < -0.4 is 10.1 Å². The topological polar surface area (TPSA) is 33.7 Å². The minimum Gasteiger partial charge on any atom is -0.491 e. The van der Waals surface area contributed by atoms with Gasteiger partial charge in [-0.1, -0.05) is 6.07 Å². The zero-order chi connectivity index (χ0) is 13.9. The van der Waals surface area contributed by atoms with Gasteiger partial charge in [0.15, 0.2) is 0 Å². The van der Waals surface area contributed by atoms with E-state index in [2.05, 4.69) is 35.5 Å². The van der Waals surface area contributed by atoms with Crippen molar-refractivity contribution in [1.82, 2.24) is 10.2 Å². The van der Waals surface area contributed by atoms with Gasteiger partial charge in [0.25, 0.3) is 0 Å². The minimum absolute atomic E-state index is 0.187. The Morgan fingerprint density at radius 2 is 2.35 bits per heavy atom. The largest absolute Gasteiger partial charge is 0.491 e. The lowest BCUT2D eigenvalue weighted by molar-refractivity contribution is -0.0403. The first-order valence-corrected chi connectivity index (χ1v) is 7.49. The lowest BCUT2D eigenvalue weighted by Gasteiger charge is -2.29. The summed E-state index contributed by atoms with van der Waals surface area (Å²) in [5, 5.41) is 3.36. The molecule has 2 atom stereocenters. The average molecular weight is 276 g/mol. The van der Waals surface area contributed by atoms with Gasteiger partial charge in [0.05, 0.1) is 6.61 Å². The zero-order valence-corrected chi connectivity index (χ0v) is 12.4. The van der Waals surface area contributed by atoms with E-state index in [0.29, 0.717) is 12.6 Å². The quantitative estimate of drug-likeness (QED) is 0.906. The molecule has 1 N–H and O–H groups in total. The van der Waals surface area contributed by atoms with E-state index < -0.39 is 0 Å². The molecule has 4 nitrogen and oxygen atoms in total. The lowest BCUT2D eigenvalue weighted by Crippen LogP contribution is -2.42. The lowest BCUT2D eigenvalue weighted by atomic mass is 10.1. The van der Waals surface area contributed by atoms with Crippen molar-refractivity contribution in [2.75, 3.05) is 40.4 Å². The number of hydrogen-bond acceptors (Lipinski definition) is 4. The molecule has 4 heteroatoms. The van der Waals surface area contributed by atoms with E-state index in [4.69, 9.17) is 9.47 Å². The summed E-state index contributed by atoms with van der Waals surface area (Å²) in [6, 6.07) is 6.99. The van der Waals surface area contributed by atoms with Crippen molar-refractivity contribution >= 4 is 0 Å². The highest BCUT2D eigenvalue weighted by molar-refractivity contribution is 5.40. The maximum atomic E-state index is 5.92. The van der Waals surface area contributed by atoms with Gasteiger partial charge in [0, 0.05) is 19.1 Å². The highest BCUT2D eigenvalue weighted by atomic mass is 16.5. The molecule has 1 aliphatic carbocycles. The Balaban J connectivity index is 1.59. The maximum Gasteiger partial charge on any atom is 0.119 e. The summed E-state index contributed by atoms with van der Waals surface area (Å²) in [5.74, 6) is 0.970. The molecule has 0 radical (unpaired) electrons. The fourth-order valence-electron chi connectivity index (χ4n) is 3.14. The van der Waals surface area contributed by atoms with Gasteiger partial charge in [-0.25, -0.2) is 0 Å². The van der Waals surface area contributed by atoms with Gasteiger partial charge in [0.2, 0.25) is 0 Å². The number of likely N-dealkylation sites (N-methyl/N-ethyl adjacent to an activating group) is 1. The second kappa shape index (κ2) is 6.12. The zero-order valence-electron chi connectivity index (χ0n) is 12.4. The van der Waals surface area contributed by atoms with Crippen molar-refractivity contribution in [3.05, 3.63) is 29.3 Å². The number of benzene rings is 1. The molecule has 0 bridgehead atoms. The van der Waals surface area contributed by atoms with E-state index in [9.17, 15) is 0 Å². The van der Waals surface area contributed by atoms with Gasteiger partial charge >= 0.3 is 0 Å². The van der Waals surface area contributed by atoms with E-state index in [0.717, 1.165) is 31.9 Å². The molecular formula is C16H24N2O2. The highest BCUT2D eigenvalue weighted by Gasteiger charge is 2.22. The predicted molar refractivity (Wildman–Crippen MR) is 79.3 cm³/mol. The number of nitrogens with one attached hydrogen (secondary N) is 1. The van der Waals surface area contributed by atoms with Crippen molar-refractivity contribution in [2.45, 2.75) is 25.0 Å². The summed E-state index contributed by atoms with van der Waals surface area (Å²) < 4.78 is 11.6. The smallest absolute Gasteiger partial charge is 0.119 e. The van der Waals surface area contributed by atoms with Crippen LogP contribution in [0.4, 0.5) is 0 Å². The van der Waals surface area contributed by atoms with Crippen LogP contribution in [0.25, 0.3) is 0 Å². The number of morpholine rings is 1. The van der Waals surface area contributed by atoms with Crippen LogP contribution in [-0.2, 0) is 11.2 Å². The van der Waals surface area contributed by atoms with Crippen LogP contribution in [0.2, 0.25) is 0 Å². The third-order valence-corrected chi connectivity index (χ3v) is 4.32. The number of fused-ring (bicyclic) bond motifs is 1. The van der Waals surface area contributed by atoms with Crippen LogP contribution in [0, 0.1) is 0 Å². The Morgan fingerprint density at radius 1 is 1.45 bits per heavy atom. The van der Waals surface area contributed by atoms with Gasteiger partial charge < -0.3 is 19.7 Å². The highest BCUT2D eigenvalue weighted by Crippen LogP contribution is 2.33. The van der Waals surface area contributed by atoms with E-state index in [1.807, 2.05) is 7.05 Å². The second-order valence-corrected chi connectivity index (χ2v) is 5.81. The van der Waals surface area contributed by atoms with Crippen molar-refractivity contribution < 1.29 is 9.47 Å². The van der Waals surface area contributed by atoms with Crippen LogP contribution >= 0.6 is 0 Å². The fourth-order valence-corrected chi connectivity index (χ4v) is 3.14. The van der Waals surface area contributed by atoms with Gasteiger partial charge in [-0.2, -0.15) is 0 Å². The molecule has 0 spiro atoms. The van der Waals surface area contributed by atoms with E-state index in [1.54, 1.807) is 0 Å². The number of rotatable bonds is 4. The van der Waals surface area contributed by atoms with Crippen LogP contribution in [0.3, 0.4) is 0 Å². The predicted octanol–water partition coefficient (Wildman–Crippen LogP) is 1.60. The molecule has 2 aliphatic rings. The molecule has 2 unspecified atom stereocenters. The van der Waals surface area contributed by atoms with Crippen LogP contribution in [0.15, 0.2) is 18.2 Å².